The molecule has 0 bridgehead atoms. The molecule has 2 rings (SSSR count). The van der Waals surface area contributed by atoms with E-state index in [1.54, 1.807) is 0 Å². The highest BCUT2D eigenvalue weighted by molar-refractivity contribution is 6.32. The molecule has 0 fully saturated rings. The summed E-state index contributed by atoms with van der Waals surface area (Å²) in [6.45, 7) is 0. The second-order valence-corrected chi connectivity index (χ2v) is 4.26. The van der Waals surface area contributed by atoms with E-state index in [-0.39, 0.29) is 16.5 Å². The lowest BCUT2D eigenvalue weighted by atomic mass is 10.2. The average Bonchev–Trinajstić information content (AvgIpc) is 2.41. The molecule has 0 aliphatic rings. The van der Waals surface area contributed by atoms with Gasteiger partial charge in [0.25, 0.3) is 0 Å². The van der Waals surface area contributed by atoms with Crippen molar-refractivity contribution in [2.24, 2.45) is 0 Å². The van der Waals surface area contributed by atoms with Crippen molar-refractivity contribution < 1.29 is 22.6 Å². The number of ether oxygens (including phenoxy) is 2. The van der Waals surface area contributed by atoms with Gasteiger partial charge in [0.05, 0.1) is 16.7 Å². The topological polar surface area (TPSA) is 42.2 Å². The highest BCUT2D eigenvalue weighted by Gasteiger charge is 2.32. The number of rotatable bonds is 3. The molecule has 0 N–H and O–H groups in total. The van der Waals surface area contributed by atoms with Crippen molar-refractivity contribution in [3.63, 3.8) is 0 Å². The molecule has 0 saturated carbocycles. The number of nitrogens with zero attached hydrogens (tertiary/aromatic N) is 1. The van der Waals surface area contributed by atoms with Crippen LogP contribution in [0.25, 0.3) is 0 Å². The standard InChI is InChI=1S/C14H7ClF3NO2/c15-10-7-9(8-19)5-6-11(10)20-12-3-1-2-4-13(12)21-14(16,17)18/h1-7H. The predicted octanol–water partition coefficient (Wildman–Crippen LogP) is 4.90. The van der Waals surface area contributed by atoms with Crippen molar-refractivity contribution in [2.75, 3.05) is 0 Å². The van der Waals surface area contributed by atoms with Crippen LogP contribution in [-0.4, -0.2) is 6.36 Å². The van der Waals surface area contributed by atoms with Crippen LogP contribution in [0.4, 0.5) is 13.2 Å². The first-order valence-corrected chi connectivity index (χ1v) is 5.99. The van der Waals surface area contributed by atoms with Crippen LogP contribution in [0.1, 0.15) is 5.56 Å². The molecule has 0 aliphatic carbocycles. The van der Waals surface area contributed by atoms with E-state index >= 15 is 0 Å². The van der Waals surface area contributed by atoms with E-state index in [0.717, 1.165) is 6.07 Å². The fourth-order valence-electron chi connectivity index (χ4n) is 1.52. The number of hydrogen-bond acceptors (Lipinski definition) is 3. The smallest absolute Gasteiger partial charge is 0.452 e. The number of hydrogen-bond donors (Lipinski definition) is 0. The Labute approximate surface area is 123 Å². The van der Waals surface area contributed by atoms with Crippen LogP contribution in [-0.2, 0) is 0 Å². The maximum Gasteiger partial charge on any atom is 0.573 e. The molecule has 0 heterocycles. The van der Waals surface area contributed by atoms with E-state index in [0.29, 0.717) is 5.56 Å². The average molecular weight is 314 g/mol. The molecule has 0 aromatic heterocycles. The Hall–Kier alpha value is -2.39. The Morgan fingerprint density at radius 3 is 2.24 bits per heavy atom. The molecule has 0 spiro atoms. The Bertz CT molecular complexity index is 695. The summed E-state index contributed by atoms with van der Waals surface area (Å²) in [4.78, 5) is 0. The highest BCUT2D eigenvalue weighted by Crippen LogP contribution is 2.37. The third-order valence-electron chi connectivity index (χ3n) is 2.36. The molecule has 0 saturated heterocycles. The van der Waals surface area contributed by atoms with Crippen molar-refractivity contribution in [1.82, 2.24) is 0 Å². The molecule has 7 heteroatoms. The van der Waals surface area contributed by atoms with Crippen molar-refractivity contribution in [1.29, 1.82) is 5.26 Å². The van der Waals surface area contributed by atoms with Crippen LogP contribution >= 0.6 is 11.6 Å². The minimum atomic E-state index is -4.83. The zero-order valence-electron chi connectivity index (χ0n) is 10.3. The van der Waals surface area contributed by atoms with Crippen LogP contribution in [0.2, 0.25) is 5.02 Å². The van der Waals surface area contributed by atoms with Gasteiger partial charge in [0.15, 0.2) is 11.5 Å². The third-order valence-corrected chi connectivity index (χ3v) is 2.65. The van der Waals surface area contributed by atoms with Gasteiger partial charge in [-0.15, -0.1) is 13.2 Å². The van der Waals surface area contributed by atoms with E-state index in [9.17, 15) is 13.2 Å². The lowest BCUT2D eigenvalue weighted by Gasteiger charge is -2.14. The molecule has 108 valence electrons. The third kappa shape index (κ3) is 4.04. The minimum absolute atomic E-state index is 0.107. The molecule has 2 aromatic carbocycles. The number of alkyl halides is 3. The second kappa shape index (κ2) is 5.94. The van der Waals surface area contributed by atoms with Crippen LogP contribution in [0.15, 0.2) is 42.5 Å². The lowest BCUT2D eigenvalue weighted by molar-refractivity contribution is -0.275. The Kier molecular flexibility index (Phi) is 4.24. The van der Waals surface area contributed by atoms with Crippen LogP contribution in [0, 0.1) is 11.3 Å². The Morgan fingerprint density at radius 1 is 1.00 bits per heavy atom. The molecule has 21 heavy (non-hydrogen) atoms. The summed E-state index contributed by atoms with van der Waals surface area (Å²) in [5, 5.41) is 8.83. The summed E-state index contributed by atoms with van der Waals surface area (Å²) in [5.41, 5.74) is 0.312. The fraction of sp³-hybridized carbons (Fsp3) is 0.0714. The first-order valence-electron chi connectivity index (χ1n) is 5.61. The molecule has 0 atom stereocenters. The Balaban J connectivity index is 2.30. The van der Waals surface area contributed by atoms with E-state index < -0.39 is 12.1 Å². The molecular formula is C14H7ClF3NO2. The highest BCUT2D eigenvalue weighted by atomic mass is 35.5. The normalized spacial score (nSPS) is 10.8. The van der Waals surface area contributed by atoms with Gasteiger partial charge in [-0.05, 0) is 30.3 Å². The zero-order valence-corrected chi connectivity index (χ0v) is 11.1. The van der Waals surface area contributed by atoms with Gasteiger partial charge in [-0.25, -0.2) is 0 Å². The van der Waals surface area contributed by atoms with E-state index in [4.69, 9.17) is 21.6 Å². The largest absolute Gasteiger partial charge is 0.573 e. The van der Waals surface area contributed by atoms with Gasteiger partial charge < -0.3 is 9.47 Å². The Morgan fingerprint density at radius 2 is 1.67 bits per heavy atom. The van der Waals surface area contributed by atoms with Gasteiger partial charge in [-0.2, -0.15) is 5.26 Å². The van der Waals surface area contributed by atoms with Crippen molar-refractivity contribution in [3.8, 4) is 23.3 Å². The summed E-state index contributed by atoms with van der Waals surface area (Å²) in [6.07, 6.45) is -4.83. The molecule has 0 amide bonds. The van der Waals surface area contributed by atoms with E-state index in [2.05, 4.69) is 4.74 Å². The number of para-hydroxylation sites is 2. The minimum Gasteiger partial charge on any atom is -0.452 e. The summed E-state index contributed by atoms with van der Waals surface area (Å²) < 4.78 is 46.1. The van der Waals surface area contributed by atoms with Crippen molar-refractivity contribution >= 4 is 11.6 Å². The second-order valence-electron chi connectivity index (χ2n) is 3.85. The van der Waals surface area contributed by atoms with Crippen LogP contribution < -0.4 is 9.47 Å². The molecule has 0 aliphatic heterocycles. The molecule has 3 nitrogen and oxygen atoms in total. The molecule has 2 aromatic rings. The van der Waals surface area contributed by atoms with Gasteiger partial charge in [0, 0.05) is 0 Å². The summed E-state index contributed by atoms with van der Waals surface area (Å²) in [7, 11) is 0. The lowest BCUT2D eigenvalue weighted by Crippen LogP contribution is -2.17. The fourth-order valence-corrected chi connectivity index (χ4v) is 1.73. The van der Waals surface area contributed by atoms with Gasteiger partial charge in [0.2, 0.25) is 0 Å². The zero-order chi connectivity index (χ0) is 15.5. The molecule has 0 unspecified atom stereocenters. The van der Waals surface area contributed by atoms with Gasteiger partial charge in [-0.1, -0.05) is 23.7 Å². The monoisotopic (exact) mass is 313 g/mol. The van der Waals surface area contributed by atoms with Gasteiger partial charge in [-0.3, -0.25) is 0 Å². The summed E-state index contributed by atoms with van der Waals surface area (Å²) >= 11 is 5.90. The number of benzene rings is 2. The quantitative estimate of drug-likeness (QED) is 0.809. The summed E-state index contributed by atoms with van der Waals surface area (Å²) in [6, 6.07) is 11.4. The van der Waals surface area contributed by atoms with Crippen molar-refractivity contribution in [3.05, 3.63) is 53.1 Å². The number of halogens is 4. The van der Waals surface area contributed by atoms with Gasteiger partial charge >= 0.3 is 6.36 Å². The van der Waals surface area contributed by atoms with Crippen LogP contribution in [0.3, 0.4) is 0 Å². The first kappa shape index (κ1) is 15.0. The predicted molar refractivity (Wildman–Crippen MR) is 69.4 cm³/mol. The van der Waals surface area contributed by atoms with E-state index in [1.807, 2.05) is 6.07 Å². The molecular weight excluding hydrogens is 307 g/mol. The van der Waals surface area contributed by atoms with Crippen LogP contribution in [0.5, 0.6) is 17.2 Å². The maximum atomic E-state index is 12.3. The van der Waals surface area contributed by atoms with Gasteiger partial charge in [0.1, 0.15) is 5.75 Å². The number of nitriles is 1. The first-order chi connectivity index (χ1) is 9.89. The SMILES string of the molecule is N#Cc1ccc(Oc2ccccc2OC(F)(F)F)c(Cl)c1. The van der Waals surface area contributed by atoms with Crippen molar-refractivity contribution in [2.45, 2.75) is 6.36 Å². The maximum absolute atomic E-state index is 12.3. The summed E-state index contributed by atoms with van der Waals surface area (Å²) in [5.74, 6) is -0.499. The molecule has 0 radical (unpaired) electrons. The van der Waals surface area contributed by atoms with E-state index in [1.165, 1.54) is 36.4 Å².